The molecular weight excluding hydrogens is 231 g/mol. The Bertz CT molecular complexity index is 392. The maximum Gasteiger partial charge on any atom is 0.393 e. The van der Waals surface area contributed by atoms with E-state index in [-0.39, 0.29) is 13.0 Å². The summed E-state index contributed by atoms with van der Waals surface area (Å²) in [5.41, 5.74) is 6.79. The van der Waals surface area contributed by atoms with Crippen LogP contribution >= 0.6 is 0 Å². The Morgan fingerprint density at radius 3 is 2.82 bits per heavy atom. The molecule has 17 heavy (non-hydrogen) atoms. The van der Waals surface area contributed by atoms with Gasteiger partial charge in [-0.1, -0.05) is 0 Å². The molecule has 1 aromatic rings. The van der Waals surface area contributed by atoms with Gasteiger partial charge >= 0.3 is 6.18 Å². The Morgan fingerprint density at radius 2 is 2.18 bits per heavy atom. The van der Waals surface area contributed by atoms with E-state index >= 15 is 0 Å². The molecule has 3 nitrogen and oxygen atoms in total. The van der Waals surface area contributed by atoms with Crippen LogP contribution in [0.15, 0.2) is 18.5 Å². The van der Waals surface area contributed by atoms with Gasteiger partial charge in [-0.3, -0.25) is 4.98 Å². The van der Waals surface area contributed by atoms with Gasteiger partial charge in [0.05, 0.1) is 23.5 Å². The van der Waals surface area contributed by atoms with Gasteiger partial charge in [0, 0.05) is 19.3 Å². The third-order valence-corrected chi connectivity index (χ3v) is 3.05. The van der Waals surface area contributed by atoms with Crippen molar-refractivity contribution in [1.29, 1.82) is 0 Å². The Balaban J connectivity index is 2.15. The number of alkyl halides is 3. The highest BCUT2D eigenvalue weighted by molar-refractivity contribution is 5.66. The van der Waals surface area contributed by atoms with Crippen molar-refractivity contribution in [3.05, 3.63) is 18.5 Å². The standard InChI is InChI=1S/C11H14F3N3/c12-11(13,14)8-2-1-5-17(7-8)10-3-4-16-6-9(10)15/h3-4,6,8H,1-2,5,7,15H2. The molecule has 0 bridgehead atoms. The van der Waals surface area contributed by atoms with Crippen molar-refractivity contribution < 1.29 is 13.2 Å². The lowest BCUT2D eigenvalue weighted by atomic mass is 9.97. The van der Waals surface area contributed by atoms with Crippen LogP contribution in [0.1, 0.15) is 12.8 Å². The number of aromatic nitrogens is 1. The van der Waals surface area contributed by atoms with E-state index in [1.54, 1.807) is 17.2 Å². The highest BCUT2D eigenvalue weighted by atomic mass is 19.4. The average molecular weight is 245 g/mol. The molecule has 2 heterocycles. The Kier molecular flexibility index (Phi) is 3.13. The van der Waals surface area contributed by atoms with Gasteiger partial charge in [-0.05, 0) is 18.9 Å². The summed E-state index contributed by atoms with van der Waals surface area (Å²) in [5.74, 6) is -1.26. The van der Waals surface area contributed by atoms with Gasteiger partial charge in [-0.15, -0.1) is 0 Å². The minimum absolute atomic E-state index is 0.0162. The fourth-order valence-corrected chi connectivity index (χ4v) is 2.15. The molecule has 1 fully saturated rings. The molecular formula is C11H14F3N3. The lowest BCUT2D eigenvalue weighted by molar-refractivity contribution is -0.175. The molecule has 0 aliphatic carbocycles. The Labute approximate surface area is 97.4 Å². The lowest BCUT2D eigenvalue weighted by Gasteiger charge is -2.35. The molecule has 0 spiro atoms. The summed E-state index contributed by atoms with van der Waals surface area (Å²) in [6, 6.07) is 1.66. The van der Waals surface area contributed by atoms with Crippen molar-refractivity contribution >= 4 is 11.4 Å². The quantitative estimate of drug-likeness (QED) is 0.826. The third kappa shape index (κ3) is 2.62. The summed E-state index contributed by atoms with van der Waals surface area (Å²) >= 11 is 0. The minimum atomic E-state index is -4.12. The zero-order valence-electron chi connectivity index (χ0n) is 9.24. The van der Waals surface area contributed by atoms with Crippen molar-refractivity contribution in [1.82, 2.24) is 4.98 Å². The molecule has 1 atom stereocenters. The molecule has 0 saturated carbocycles. The van der Waals surface area contributed by atoms with Gasteiger partial charge in [-0.25, -0.2) is 0 Å². The number of nitrogen functional groups attached to an aromatic ring is 1. The number of nitrogens with zero attached hydrogens (tertiary/aromatic N) is 2. The van der Waals surface area contributed by atoms with Gasteiger partial charge in [0.25, 0.3) is 0 Å². The van der Waals surface area contributed by atoms with Crippen LogP contribution in [0.4, 0.5) is 24.5 Å². The molecule has 0 aromatic carbocycles. The van der Waals surface area contributed by atoms with Crippen molar-refractivity contribution in [3.63, 3.8) is 0 Å². The van der Waals surface area contributed by atoms with Crippen molar-refractivity contribution in [2.45, 2.75) is 19.0 Å². The maximum absolute atomic E-state index is 12.7. The number of piperidine rings is 1. The van der Waals surface area contributed by atoms with Crippen LogP contribution in [0.25, 0.3) is 0 Å². The van der Waals surface area contributed by atoms with Crippen LogP contribution in [-0.4, -0.2) is 24.2 Å². The van der Waals surface area contributed by atoms with Crippen LogP contribution in [0, 0.1) is 5.92 Å². The lowest BCUT2D eigenvalue weighted by Crippen LogP contribution is -2.42. The summed E-state index contributed by atoms with van der Waals surface area (Å²) < 4.78 is 38.0. The molecule has 2 N–H and O–H groups in total. The van der Waals surface area contributed by atoms with Gasteiger partial charge in [-0.2, -0.15) is 13.2 Å². The van der Waals surface area contributed by atoms with E-state index in [1.807, 2.05) is 0 Å². The number of rotatable bonds is 1. The first kappa shape index (κ1) is 12.0. The number of hydrogen-bond acceptors (Lipinski definition) is 3. The van der Waals surface area contributed by atoms with Gasteiger partial charge < -0.3 is 10.6 Å². The van der Waals surface area contributed by atoms with Crippen LogP contribution in [-0.2, 0) is 0 Å². The van der Waals surface area contributed by atoms with E-state index in [9.17, 15) is 13.2 Å². The van der Waals surface area contributed by atoms with Crippen molar-refractivity contribution in [3.8, 4) is 0 Å². The number of nitrogens with two attached hydrogens (primary N) is 1. The maximum atomic E-state index is 12.7. The monoisotopic (exact) mass is 245 g/mol. The summed E-state index contributed by atoms with van der Waals surface area (Å²) in [4.78, 5) is 5.53. The molecule has 1 unspecified atom stereocenters. The summed E-state index contributed by atoms with van der Waals surface area (Å²) in [7, 11) is 0. The van der Waals surface area contributed by atoms with E-state index in [2.05, 4.69) is 4.98 Å². The highest BCUT2D eigenvalue weighted by Crippen LogP contribution is 2.35. The summed E-state index contributed by atoms with van der Waals surface area (Å²) in [5, 5.41) is 0. The number of pyridine rings is 1. The zero-order valence-corrected chi connectivity index (χ0v) is 9.24. The Hall–Kier alpha value is -1.46. The second-order valence-corrected chi connectivity index (χ2v) is 4.26. The number of halogens is 3. The predicted molar refractivity (Wildman–Crippen MR) is 59.6 cm³/mol. The summed E-state index contributed by atoms with van der Waals surface area (Å²) in [6.45, 7) is 0.596. The first-order valence-corrected chi connectivity index (χ1v) is 5.49. The van der Waals surface area contributed by atoms with E-state index in [0.717, 1.165) is 0 Å². The van der Waals surface area contributed by atoms with Gasteiger partial charge in [0.2, 0.25) is 0 Å². The highest BCUT2D eigenvalue weighted by Gasteiger charge is 2.41. The SMILES string of the molecule is Nc1cnccc1N1CCCC(C(F)(F)F)C1. The van der Waals surface area contributed by atoms with E-state index < -0.39 is 12.1 Å². The Morgan fingerprint density at radius 1 is 1.41 bits per heavy atom. The van der Waals surface area contributed by atoms with Crippen molar-refractivity contribution in [2.75, 3.05) is 23.7 Å². The molecule has 94 valence electrons. The molecule has 1 aliphatic rings. The molecule has 1 saturated heterocycles. The zero-order chi connectivity index (χ0) is 12.5. The van der Waals surface area contributed by atoms with E-state index in [4.69, 9.17) is 5.73 Å². The largest absolute Gasteiger partial charge is 0.396 e. The van der Waals surface area contributed by atoms with Crippen molar-refractivity contribution in [2.24, 2.45) is 5.92 Å². The topological polar surface area (TPSA) is 42.1 Å². The fourth-order valence-electron chi connectivity index (χ4n) is 2.15. The second kappa shape index (κ2) is 4.43. The van der Waals surface area contributed by atoms with Gasteiger partial charge in [0.1, 0.15) is 0 Å². The molecule has 0 radical (unpaired) electrons. The average Bonchev–Trinajstić information content (AvgIpc) is 2.29. The van der Waals surface area contributed by atoms with Crippen LogP contribution in [0.5, 0.6) is 0 Å². The van der Waals surface area contributed by atoms with E-state index in [0.29, 0.717) is 24.3 Å². The third-order valence-electron chi connectivity index (χ3n) is 3.05. The van der Waals surface area contributed by atoms with E-state index in [1.165, 1.54) is 6.20 Å². The predicted octanol–water partition coefficient (Wildman–Crippen LogP) is 2.44. The minimum Gasteiger partial charge on any atom is -0.396 e. The molecule has 0 amide bonds. The smallest absolute Gasteiger partial charge is 0.393 e. The fraction of sp³-hybridized carbons (Fsp3) is 0.545. The first-order valence-electron chi connectivity index (χ1n) is 5.49. The molecule has 6 heteroatoms. The second-order valence-electron chi connectivity index (χ2n) is 4.26. The number of hydrogen-bond donors (Lipinski definition) is 1. The normalized spacial score (nSPS) is 21.6. The van der Waals surface area contributed by atoms with Gasteiger partial charge in [0.15, 0.2) is 0 Å². The van der Waals surface area contributed by atoms with Crippen LogP contribution in [0.3, 0.4) is 0 Å². The summed E-state index contributed by atoms with van der Waals surface area (Å²) in [6.07, 6.45) is -0.382. The number of anilines is 2. The van der Waals surface area contributed by atoms with Crippen LogP contribution in [0.2, 0.25) is 0 Å². The molecule has 1 aliphatic heterocycles. The molecule has 2 rings (SSSR count). The first-order chi connectivity index (χ1) is 7.98. The van der Waals surface area contributed by atoms with Crippen LogP contribution < -0.4 is 10.6 Å². The molecule has 1 aromatic heterocycles.